The van der Waals surface area contributed by atoms with Crippen LogP contribution in [0.1, 0.15) is 83.5 Å². The van der Waals surface area contributed by atoms with Crippen molar-refractivity contribution in [3.63, 3.8) is 0 Å². The Hall–Kier alpha value is -3.35. The summed E-state index contributed by atoms with van der Waals surface area (Å²) in [6.07, 6.45) is 15.0. The Morgan fingerprint density at radius 2 is 1.98 bits per heavy atom. The number of sulfonamides is 1. The van der Waals surface area contributed by atoms with E-state index in [0.29, 0.717) is 44.5 Å². The molecule has 5 atom stereocenters. The molecule has 0 aromatic carbocycles. The molecule has 228 valence electrons. The van der Waals surface area contributed by atoms with Crippen LogP contribution in [0.3, 0.4) is 0 Å². The number of aromatic nitrogens is 4. The van der Waals surface area contributed by atoms with Crippen molar-refractivity contribution in [2.45, 2.75) is 88.5 Å². The molecule has 13 heteroatoms. The quantitative estimate of drug-likeness (QED) is 0.357. The summed E-state index contributed by atoms with van der Waals surface area (Å²) in [5.41, 5.74) is -0.530. The first kappa shape index (κ1) is 30.1. The highest BCUT2D eigenvalue weighted by atomic mass is 32.2. The number of hydrogen-bond donors (Lipinski definition) is 2. The number of amides is 3. The third-order valence-electron chi connectivity index (χ3n) is 8.87. The number of fused-ring (bicyclic) bond motifs is 2. The molecule has 4 aliphatic rings. The predicted molar refractivity (Wildman–Crippen MR) is 156 cm³/mol. The average Bonchev–Trinajstić information content (AvgIpc) is 3.83. The number of allylic oxidation sites excluding steroid dienone is 5. The molecule has 12 nitrogen and oxygen atoms in total. The van der Waals surface area contributed by atoms with E-state index >= 15 is 0 Å². The van der Waals surface area contributed by atoms with Gasteiger partial charge < -0.3 is 10.2 Å². The summed E-state index contributed by atoms with van der Waals surface area (Å²) >= 11 is 0. The van der Waals surface area contributed by atoms with Crippen LogP contribution in [0, 0.1) is 17.8 Å². The Morgan fingerprint density at radius 1 is 1.21 bits per heavy atom. The summed E-state index contributed by atoms with van der Waals surface area (Å²) in [7, 11) is -2.03. The van der Waals surface area contributed by atoms with Crippen molar-refractivity contribution in [1.82, 2.24) is 35.1 Å². The first-order valence-electron chi connectivity index (χ1n) is 15.0. The van der Waals surface area contributed by atoms with E-state index in [0.717, 1.165) is 31.3 Å². The zero-order valence-electron chi connectivity index (χ0n) is 24.5. The Kier molecular flexibility index (Phi) is 8.68. The summed E-state index contributed by atoms with van der Waals surface area (Å²) in [5, 5.41) is 15.4. The van der Waals surface area contributed by atoms with Crippen molar-refractivity contribution in [3.05, 3.63) is 36.2 Å². The van der Waals surface area contributed by atoms with Gasteiger partial charge in [0.15, 0.2) is 0 Å². The fourth-order valence-corrected chi connectivity index (χ4v) is 7.41. The van der Waals surface area contributed by atoms with E-state index in [1.807, 2.05) is 44.2 Å². The number of hydrogen-bond acceptors (Lipinski definition) is 8. The summed E-state index contributed by atoms with van der Waals surface area (Å²) in [5.74, 6) is -2.50. The average molecular weight is 600 g/mol. The molecule has 0 saturated heterocycles. The van der Waals surface area contributed by atoms with Gasteiger partial charge in [-0.3, -0.25) is 19.1 Å². The van der Waals surface area contributed by atoms with Gasteiger partial charge in [0.05, 0.1) is 23.1 Å². The number of nitrogens with zero attached hydrogens (tertiary/aromatic N) is 5. The molecule has 42 heavy (non-hydrogen) atoms. The lowest BCUT2D eigenvalue weighted by Gasteiger charge is -2.26. The normalized spacial score (nSPS) is 31.7. The standard InChI is InChI=1S/C29H41N7O5S/c1-4-6-11-19(5-2)25-31-34-36(32-25)21-16-23-24(17-21)27(38)35(3)15-10-8-7-9-12-20-18-29(20,30-26(23)37)28(39)33-42(40,41)22-13-14-22/h5-6,9,11-12,20-24H,4,7-8,10,13-18H2,1-3H3,(H,30,37)(H,33,39)/b11-6-,12-9-,19-5+/t20-,21-,23-,24-,29-/m1/s1. The van der Waals surface area contributed by atoms with Crippen LogP contribution in [0.5, 0.6) is 0 Å². The van der Waals surface area contributed by atoms with Gasteiger partial charge in [0.2, 0.25) is 27.7 Å². The maximum absolute atomic E-state index is 13.9. The van der Waals surface area contributed by atoms with Gasteiger partial charge in [0, 0.05) is 25.1 Å². The molecular weight excluding hydrogens is 558 g/mol. The Bertz CT molecular complexity index is 1410. The van der Waals surface area contributed by atoms with Crippen LogP contribution in [0.2, 0.25) is 0 Å². The van der Waals surface area contributed by atoms with Crippen molar-refractivity contribution in [1.29, 1.82) is 0 Å². The summed E-state index contributed by atoms with van der Waals surface area (Å²) < 4.78 is 27.4. The number of rotatable bonds is 7. The second-order valence-electron chi connectivity index (χ2n) is 12.0. The van der Waals surface area contributed by atoms with Crippen LogP contribution < -0.4 is 10.0 Å². The van der Waals surface area contributed by atoms with Crippen LogP contribution >= 0.6 is 0 Å². The first-order chi connectivity index (χ1) is 20.1. The van der Waals surface area contributed by atoms with E-state index in [1.165, 1.54) is 4.80 Å². The highest BCUT2D eigenvalue weighted by Gasteiger charge is 2.62. The molecule has 2 heterocycles. The number of carbonyl (C=O) groups is 3. The molecule has 5 rings (SSSR count). The molecule has 3 aliphatic carbocycles. The van der Waals surface area contributed by atoms with E-state index in [9.17, 15) is 22.8 Å². The molecule has 1 aromatic rings. The van der Waals surface area contributed by atoms with Crippen LogP contribution in [-0.4, -0.2) is 75.6 Å². The van der Waals surface area contributed by atoms with Crippen LogP contribution in [0.15, 0.2) is 30.4 Å². The first-order valence-corrected chi connectivity index (χ1v) is 16.6. The Balaban J connectivity index is 1.41. The lowest BCUT2D eigenvalue weighted by Crippen LogP contribution is -2.54. The van der Waals surface area contributed by atoms with Gasteiger partial charge in [-0.05, 0) is 69.9 Å². The second kappa shape index (κ2) is 12.1. The molecule has 3 fully saturated rings. The number of nitrogens with one attached hydrogen (secondary N) is 2. The molecule has 3 saturated carbocycles. The molecule has 0 bridgehead atoms. The van der Waals surface area contributed by atoms with Gasteiger partial charge >= 0.3 is 0 Å². The van der Waals surface area contributed by atoms with Crippen molar-refractivity contribution in [2.75, 3.05) is 13.6 Å². The summed E-state index contributed by atoms with van der Waals surface area (Å²) in [6, 6.07) is -0.344. The zero-order chi connectivity index (χ0) is 30.1. The third-order valence-corrected chi connectivity index (χ3v) is 10.7. The van der Waals surface area contributed by atoms with Crippen molar-refractivity contribution < 1.29 is 22.8 Å². The lowest BCUT2D eigenvalue weighted by molar-refractivity contribution is -0.140. The van der Waals surface area contributed by atoms with E-state index in [1.54, 1.807) is 11.9 Å². The minimum Gasteiger partial charge on any atom is -0.346 e. The molecule has 1 aliphatic heterocycles. The molecule has 0 spiro atoms. The van der Waals surface area contributed by atoms with Crippen molar-refractivity contribution >= 4 is 33.3 Å². The van der Waals surface area contributed by atoms with Gasteiger partial charge in [-0.15, -0.1) is 10.2 Å². The van der Waals surface area contributed by atoms with E-state index in [-0.39, 0.29) is 17.9 Å². The van der Waals surface area contributed by atoms with Crippen LogP contribution in [0.4, 0.5) is 0 Å². The highest BCUT2D eigenvalue weighted by Crippen LogP contribution is 2.47. The monoisotopic (exact) mass is 599 g/mol. The van der Waals surface area contributed by atoms with Crippen LogP contribution in [0.25, 0.3) is 5.57 Å². The molecule has 0 radical (unpaired) electrons. The topological polar surface area (TPSA) is 156 Å². The Morgan fingerprint density at radius 3 is 2.69 bits per heavy atom. The largest absolute Gasteiger partial charge is 0.346 e. The number of tetrazole rings is 1. The molecule has 2 N–H and O–H groups in total. The maximum Gasteiger partial charge on any atom is 0.259 e. The third kappa shape index (κ3) is 6.20. The van der Waals surface area contributed by atoms with E-state index in [2.05, 4.69) is 25.4 Å². The van der Waals surface area contributed by atoms with Crippen LogP contribution in [-0.2, 0) is 24.4 Å². The van der Waals surface area contributed by atoms with Gasteiger partial charge in [-0.1, -0.05) is 37.3 Å². The number of carbonyl (C=O) groups excluding carboxylic acids is 3. The van der Waals surface area contributed by atoms with Gasteiger partial charge in [0.1, 0.15) is 5.54 Å². The lowest BCUT2D eigenvalue weighted by atomic mass is 9.93. The Labute approximate surface area is 247 Å². The minimum absolute atomic E-state index is 0.132. The molecule has 1 aromatic heterocycles. The van der Waals surface area contributed by atoms with E-state index < -0.39 is 44.5 Å². The molecular formula is C29H41N7O5S. The fourth-order valence-electron chi connectivity index (χ4n) is 6.04. The maximum atomic E-state index is 13.9. The van der Waals surface area contributed by atoms with Gasteiger partial charge in [-0.25, -0.2) is 8.42 Å². The summed E-state index contributed by atoms with van der Waals surface area (Å²) in [6.45, 7) is 4.52. The smallest absolute Gasteiger partial charge is 0.259 e. The summed E-state index contributed by atoms with van der Waals surface area (Å²) in [4.78, 5) is 44.2. The SMILES string of the molecule is C/C=C(\C=C/CC)c1nnn([C@@H]2C[C@H]3C(=O)N[C@]4(C(=O)NS(=O)(=O)C5CC5)C[C@H]4/C=C\CCCCN(C)C(=O)[C@@H]3C2)n1. The highest BCUT2D eigenvalue weighted by molar-refractivity contribution is 7.91. The van der Waals surface area contributed by atoms with Crippen molar-refractivity contribution in [2.24, 2.45) is 17.8 Å². The van der Waals surface area contributed by atoms with Crippen molar-refractivity contribution in [3.8, 4) is 0 Å². The predicted octanol–water partition coefficient (Wildman–Crippen LogP) is 2.29. The second-order valence-corrected chi connectivity index (χ2v) is 13.9. The zero-order valence-corrected chi connectivity index (χ0v) is 25.3. The fraction of sp³-hybridized carbons (Fsp3) is 0.655. The van der Waals surface area contributed by atoms with Gasteiger partial charge in [-0.2, -0.15) is 4.80 Å². The van der Waals surface area contributed by atoms with E-state index in [4.69, 9.17) is 0 Å². The molecule has 0 unspecified atom stereocenters. The van der Waals surface area contributed by atoms with Gasteiger partial charge in [0.25, 0.3) is 5.91 Å². The minimum atomic E-state index is -3.79. The molecule has 3 amide bonds.